The van der Waals surface area contributed by atoms with Gasteiger partial charge in [0.15, 0.2) is 10.4 Å². The fourth-order valence-corrected chi connectivity index (χ4v) is 2.52. The van der Waals surface area contributed by atoms with E-state index in [4.69, 9.17) is 10.2 Å². The summed E-state index contributed by atoms with van der Waals surface area (Å²) in [5.41, 5.74) is 6.78. The van der Waals surface area contributed by atoms with Gasteiger partial charge < -0.3 is 10.2 Å². The van der Waals surface area contributed by atoms with Gasteiger partial charge in [0.1, 0.15) is 5.69 Å². The van der Waals surface area contributed by atoms with Crippen molar-refractivity contribution in [2.24, 2.45) is 5.73 Å². The molecule has 2 aromatic heterocycles. The fraction of sp³-hybridized carbons (Fsp3) is 0.364. The summed E-state index contributed by atoms with van der Waals surface area (Å²) in [6.45, 7) is 2.09. The van der Waals surface area contributed by atoms with Gasteiger partial charge in [-0.05, 0) is 34.5 Å². The van der Waals surface area contributed by atoms with Gasteiger partial charge in [-0.1, -0.05) is 6.92 Å². The topological polar surface area (TPSA) is 52.0 Å². The molecule has 0 aliphatic carbocycles. The molecule has 5 heteroatoms. The van der Waals surface area contributed by atoms with Crippen LogP contribution in [0.5, 0.6) is 0 Å². The molecule has 1 unspecified atom stereocenters. The molecule has 0 radical (unpaired) electrons. The van der Waals surface area contributed by atoms with Gasteiger partial charge in [0.25, 0.3) is 0 Å². The van der Waals surface area contributed by atoms with E-state index in [1.807, 2.05) is 17.5 Å². The van der Waals surface area contributed by atoms with Crippen LogP contribution in [-0.4, -0.2) is 11.0 Å². The molecule has 2 rings (SSSR count). The minimum atomic E-state index is 0.197. The van der Waals surface area contributed by atoms with E-state index in [0.717, 1.165) is 34.0 Å². The fourth-order valence-electron chi connectivity index (χ4n) is 1.34. The Morgan fingerprint density at radius 2 is 2.38 bits per heavy atom. The molecule has 3 nitrogen and oxygen atoms in total. The maximum atomic E-state index is 5.89. The molecular formula is C11H13BrN2OS. The van der Waals surface area contributed by atoms with Crippen LogP contribution in [0.2, 0.25) is 0 Å². The van der Waals surface area contributed by atoms with E-state index in [2.05, 4.69) is 27.8 Å². The van der Waals surface area contributed by atoms with E-state index in [-0.39, 0.29) is 6.04 Å². The molecule has 0 amide bonds. The van der Waals surface area contributed by atoms with Crippen molar-refractivity contribution < 1.29 is 4.42 Å². The first-order valence-electron chi connectivity index (χ1n) is 5.14. The smallest absolute Gasteiger partial charge is 0.169 e. The van der Waals surface area contributed by atoms with Crippen molar-refractivity contribution in [3.63, 3.8) is 0 Å². The largest absolute Gasteiger partial charge is 0.448 e. The third kappa shape index (κ3) is 2.72. The summed E-state index contributed by atoms with van der Waals surface area (Å²) >= 11 is 4.91. The van der Waals surface area contributed by atoms with Crippen LogP contribution < -0.4 is 5.73 Å². The molecular weight excluding hydrogens is 288 g/mol. The van der Waals surface area contributed by atoms with Crippen molar-refractivity contribution in [2.45, 2.75) is 25.8 Å². The van der Waals surface area contributed by atoms with Crippen molar-refractivity contribution in [3.8, 4) is 11.5 Å². The van der Waals surface area contributed by atoms with Crippen LogP contribution in [0.3, 0.4) is 0 Å². The van der Waals surface area contributed by atoms with Crippen LogP contribution in [0.25, 0.3) is 11.5 Å². The van der Waals surface area contributed by atoms with E-state index < -0.39 is 0 Å². The van der Waals surface area contributed by atoms with Gasteiger partial charge in [0, 0.05) is 17.8 Å². The number of halogens is 1. The minimum Gasteiger partial charge on any atom is -0.448 e. The lowest BCUT2D eigenvalue weighted by Crippen LogP contribution is -2.21. The van der Waals surface area contributed by atoms with Crippen LogP contribution in [0.15, 0.2) is 26.6 Å². The third-order valence-electron chi connectivity index (χ3n) is 2.34. The lowest BCUT2D eigenvalue weighted by molar-refractivity contribution is 0.553. The van der Waals surface area contributed by atoms with E-state index in [1.165, 1.54) is 0 Å². The zero-order valence-electron chi connectivity index (χ0n) is 8.94. The van der Waals surface area contributed by atoms with E-state index in [1.54, 1.807) is 11.3 Å². The van der Waals surface area contributed by atoms with Gasteiger partial charge in [-0.2, -0.15) is 0 Å². The summed E-state index contributed by atoms with van der Waals surface area (Å²) in [5, 5.41) is 3.07. The average molecular weight is 301 g/mol. The minimum absolute atomic E-state index is 0.197. The number of hydrogen-bond acceptors (Lipinski definition) is 4. The Kier molecular flexibility index (Phi) is 3.78. The molecule has 0 saturated carbocycles. The number of rotatable bonds is 4. The molecule has 16 heavy (non-hydrogen) atoms. The molecule has 2 aromatic rings. The van der Waals surface area contributed by atoms with Gasteiger partial charge in [-0.15, -0.1) is 11.3 Å². The second kappa shape index (κ2) is 5.12. The summed E-state index contributed by atoms with van der Waals surface area (Å²) in [7, 11) is 0. The first-order chi connectivity index (χ1) is 7.69. The van der Waals surface area contributed by atoms with Crippen molar-refractivity contribution in [3.05, 3.63) is 27.2 Å². The zero-order chi connectivity index (χ0) is 11.5. The van der Waals surface area contributed by atoms with Crippen LogP contribution in [0.1, 0.15) is 18.4 Å². The Labute approximate surface area is 107 Å². The highest BCUT2D eigenvalue weighted by Gasteiger charge is 2.10. The lowest BCUT2D eigenvalue weighted by atomic mass is 10.2. The molecule has 0 fully saturated rings. The van der Waals surface area contributed by atoms with Crippen LogP contribution in [0, 0.1) is 0 Å². The highest BCUT2D eigenvalue weighted by molar-refractivity contribution is 9.10. The Hall–Kier alpha value is -0.650. The van der Waals surface area contributed by atoms with Gasteiger partial charge in [0.05, 0.1) is 5.01 Å². The second-order valence-corrected chi connectivity index (χ2v) is 5.33. The Morgan fingerprint density at radius 3 is 3.00 bits per heavy atom. The molecule has 1 atom stereocenters. The maximum absolute atomic E-state index is 5.89. The van der Waals surface area contributed by atoms with Gasteiger partial charge >= 0.3 is 0 Å². The van der Waals surface area contributed by atoms with Crippen LogP contribution in [0.4, 0.5) is 0 Å². The Balaban J connectivity index is 2.13. The second-order valence-electron chi connectivity index (χ2n) is 3.60. The quantitative estimate of drug-likeness (QED) is 0.941. The monoisotopic (exact) mass is 300 g/mol. The first-order valence-corrected chi connectivity index (χ1v) is 6.82. The highest BCUT2D eigenvalue weighted by Crippen LogP contribution is 2.26. The van der Waals surface area contributed by atoms with Gasteiger partial charge in [-0.25, -0.2) is 4.98 Å². The maximum Gasteiger partial charge on any atom is 0.169 e. The standard InChI is InChI=1S/C11H13BrN2OS/c1-2-7(13)5-11-14-8(6-16-11)9-3-4-10(12)15-9/h3-4,6-7H,2,5,13H2,1H3. The highest BCUT2D eigenvalue weighted by atomic mass is 79.9. The van der Waals surface area contributed by atoms with Gasteiger partial charge in [0.2, 0.25) is 0 Å². The van der Waals surface area contributed by atoms with E-state index in [0.29, 0.717) is 0 Å². The molecule has 0 aliphatic rings. The van der Waals surface area contributed by atoms with Crippen molar-refractivity contribution in [1.29, 1.82) is 0 Å². The predicted octanol–water partition coefficient (Wildman–Crippen LogP) is 3.45. The van der Waals surface area contributed by atoms with Gasteiger partial charge in [-0.3, -0.25) is 0 Å². The number of furan rings is 1. The summed E-state index contributed by atoms with van der Waals surface area (Å²) in [4.78, 5) is 4.51. The SMILES string of the molecule is CCC(N)Cc1nc(-c2ccc(Br)o2)cs1. The molecule has 0 spiro atoms. The van der Waals surface area contributed by atoms with Crippen molar-refractivity contribution in [1.82, 2.24) is 4.98 Å². The molecule has 0 aromatic carbocycles. The molecule has 0 aliphatic heterocycles. The number of nitrogens with two attached hydrogens (primary N) is 1. The predicted molar refractivity (Wildman–Crippen MR) is 69.5 cm³/mol. The van der Waals surface area contributed by atoms with Crippen molar-refractivity contribution >= 4 is 27.3 Å². The zero-order valence-corrected chi connectivity index (χ0v) is 11.3. The molecule has 2 heterocycles. The lowest BCUT2D eigenvalue weighted by Gasteiger charge is -2.04. The molecule has 86 valence electrons. The van der Waals surface area contributed by atoms with Crippen LogP contribution >= 0.6 is 27.3 Å². The number of thiazole rings is 1. The Morgan fingerprint density at radius 1 is 1.56 bits per heavy atom. The summed E-state index contributed by atoms with van der Waals surface area (Å²) in [6.07, 6.45) is 1.81. The number of aromatic nitrogens is 1. The Bertz CT molecular complexity index is 466. The molecule has 0 bridgehead atoms. The molecule has 2 N–H and O–H groups in total. The van der Waals surface area contributed by atoms with E-state index >= 15 is 0 Å². The first kappa shape index (κ1) is 11.8. The van der Waals surface area contributed by atoms with Crippen molar-refractivity contribution in [2.75, 3.05) is 0 Å². The van der Waals surface area contributed by atoms with Crippen LogP contribution in [-0.2, 0) is 6.42 Å². The number of nitrogens with zero attached hydrogens (tertiary/aromatic N) is 1. The van der Waals surface area contributed by atoms with E-state index in [9.17, 15) is 0 Å². The summed E-state index contributed by atoms with van der Waals surface area (Å²) in [5.74, 6) is 0.791. The third-order valence-corrected chi connectivity index (χ3v) is 3.64. The summed E-state index contributed by atoms with van der Waals surface area (Å²) in [6, 6.07) is 3.97. The normalized spacial score (nSPS) is 12.9. The summed E-state index contributed by atoms with van der Waals surface area (Å²) < 4.78 is 6.17. The molecule has 0 saturated heterocycles. The number of hydrogen-bond donors (Lipinski definition) is 1. The average Bonchev–Trinajstić information content (AvgIpc) is 2.87.